The first-order valence-electron chi connectivity index (χ1n) is 7.76. The fourth-order valence-corrected chi connectivity index (χ4v) is 2.22. The number of methoxy groups -OCH3 is 2. The lowest BCUT2D eigenvalue weighted by molar-refractivity contribution is -0.134. The van der Waals surface area contributed by atoms with Gasteiger partial charge in [0.1, 0.15) is 5.75 Å². The van der Waals surface area contributed by atoms with Gasteiger partial charge in [0.05, 0.1) is 25.9 Å². The highest BCUT2D eigenvalue weighted by atomic mass is 16.5. The lowest BCUT2D eigenvalue weighted by atomic mass is 10.0. The van der Waals surface area contributed by atoms with Crippen LogP contribution in [-0.4, -0.2) is 20.2 Å². The minimum atomic E-state index is -0.304. The van der Waals surface area contributed by atoms with Gasteiger partial charge in [-0.15, -0.1) is 0 Å². The van der Waals surface area contributed by atoms with Crippen LogP contribution < -0.4 is 14.2 Å². The maximum Gasteiger partial charge on any atom is 0.310 e. The Morgan fingerprint density at radius 1 is 1.12 bits per heavy atom. The van der Waals surface area contributed by atoms with Crippen molar-refractivity contribution in [3.63, 3.8) is 0 Å². The lowest BCUT2D eigenvalue weighted by Crippen LogP contribution is -2.05. The van der Waals surface area contributed by atoms with Crippen molar-refractivity contribution in [2.45, 2.75) is 13.3 Å². The molecular weight excluding hydrogens is 318 g/mol. The Labute approximate surface area is 147 Å². The molecule has 0 radical (unpaired) electrons. The highest BCUT2D eigenvalue weighted by Gasteiger charge is 2.09. The van der Waals surface area contributed by atoms with Crippen molar-refractivity contribution in [3.05, 3.63) is 53.6 Å². The normalized spacial score (nSPS) is 10.7. The van der Waals surface area contributed by atoms with Crippen LogP contribution in [0.2, 0.25) is 0 Å². The molecule has 0 saturated heterocycles. The van der Waals surface area contributed by atoms with Crippen LogP contribution in [0.3, 0.4) is 0 Å². The Morgan fingerprint density at radius 3 is 2.52 bits per heavy atom. The van der Waals surface area contributed by atoms with E-state index >= 15 is 0 Å². The van der Waals surface area contributed by atoms with Crippen molar-refractivity contribution in [1.82, 2.24) is 0 Å². The van der Waals surface area contributed by atoms with E-state index in [-0.39, 0.29) is 5.97 Å². The number of allylic oxidation sites excluding steroid dienone is 1. The van der Waals surface area contributed by atoms with Crippen LogP contribution in [0.25, 0.3) is 11.6 Å². The van der Waals surface area contributed by atoms with Crippen molar-refractivity contribution in [3.8, 4) is 23.3 Å². The van der Waals surface area contributed by atoms with Crippen molar-refractivity contribution in [2.24, 2.45) is 0 Å². The Balaban J connectivity index is 2.36. The summed E-state index contributed by atoms with van der Waals surface area (Å²) in [7, 11) is 3.10. The van der Waals surface area contributed by atoms with Crippen LogP contribution in [0.1, 0.15) is 24.5 Å². The predicted octanol–water partition coefficient (Wildman–Crippen LogP) is 4.08. The summed E-state index contributed by atoms with van der Waals surface area (Å²) >= 11 is 0. The van der Waals surface area contributed by atoms with Gasteiger partial charge in [0.2, 0.25) is 0 Å². The smallest absolute Gasteiger partial charge is 0.310 e. The number of carbonyl (C=O) groups excluding carboxylic acids is 1. The second-order valence-corrected chi connectivity index (χ2v) is 5.14. The third-order valence-electron chi connectivity index (χ3n) is 3.50. The Kier molecular flexibility index (Phi) is 6.19. The molecule has 5 heteroatoms. The number of rotatable bonds is 6. The summed E-state index contributed by atoms with van der Waals surface area (Å²) in [5.41, 5.74) is 1.92. The number of nitrogens with zero attached hydrogens (tertiary/aromatic N) is 1. The number of hydrogen-bond donors (Lipinski definition) is 0. The molecule has 0 aliphatic heterocycles. The zero-order valence-corrected chi connectivity index (χ0v) is 14.4. The zero-order chi connectivity index (χ0) is 18.2. The van der Waals surface area contributed by atoms with Gasteiger partial charge in [-0.1, -0.05) is 19.1 Å². The molecule has 2 rings (SSSR count). The molecular formula is C20H19NO4. The van der Waals surface area contributed by atoms with E-state index < -0.39 is 0 Å². The average Bonchev–Trinajstić information content (AvgIpc) is 2.65. The van der Waals surface area contributed by atoms with E-state index in [1.165, 1.54) is 0 Å². The molecule has 0 unspecified atom stereocenters. The minimum Gasteiger partial charge on any atom is -0.493 e. The molecule has 0 fully saturated rings. The molecule has 0 aliphatic carbocycles. The van der Waals surface area contributed by atoms with E-state index in [0.717, 1.165) is 5.56 Å². The van der Waals surface area contributed by atoms with Crippen LogP contribution in [0, 0.1) is 11.3 Å². The van der Waals surface area contributed by atoms with Gasteiger partial charge in [-0.3, -0.25) is 4.79 Å². The number of esters is 1. The minimum absolute atomic E-state index is 0.301. The maximum atomic E-state index is 11.4. The van der Waals surface area contributed by atoms with Gasteiger partial charge in [-0.05, 0) is 47.5 Å². The van der Waals surface area contributed by atoms with Crippen molar-refractivity contribution in [1.29, 1.82) is 5.26 Å². The zero-order valence-electron chi connectivity index (χ0n) is 14.4. The number of benzene rings is 2. The fraction of sp³-hybridized carbons (Fsp3) is 0.200. The summed E-state index contributed by atoms with van der Waals surface area (Å²) in [5.74, 6) is 1.29. The van der Waals surface area contributed by atoms with Gasteiger partial charge >= 0.3 is 5.97 Å². The molecule has 0 saturated carbocycles. The van der Waals surface area contributed by atoms with Crippen molar-refractivity contribution < 1.29 is 19.0 Å². The molecule has 128 valence electrons. The van der Waals surface area contributed by atoms with Crippen LogP contribution in [0.4, 0.5) is 0 Å². The van der Waals surface area contributed by atoms with Gasteiger partial charge in [-0.2, -0.15) is 5.26 Å². The number of ether oxygens (including phenoxy) is 3. The first kappa shape index (κ1) is 18.1. The first-order chi connectivity index (χ1) is 12.1. The molecule has 0 amide bonds. The first-order valence-corrected chi connectivity index (χ1v) is 7.76. The summed E-state index contributed by atoms with van der Waals surface area (Å²) in [5, 5.41) is 9.51. The number of carbonyl (C=O) groups is 1. The molecule has 0 aliphatic rings. The molecule has 0 atom stereocenters. The van der Waals surface area contributed by atoms with Gasteiger partial charge in [-0.25, -0.2) is 0 Å². The van der Waals surface area contributed by atoms with E-state index in [9.17, 15) is 10.1 Å². The largest absolute Gasteiger partial charge is 0.493 e. The average molecular weight is 337 g/mol. The number of hydrogen-bond acceptors (Lipinski definition) is 5. The topological polar surface area (TPSA) is 68.6 Å². The summed E-state index contributed by atoms with van der Waals surface area (Å²) in [4.78, 5) is 11.4. The Morgan fingerprint density at radius 2 is 1.88 bits per heavy atom. The van der Waals surface area contributed by atoms with Crippen molar-refractivity contribution >= 4 is 17.6 Å². The monoisotopic (exact) mass is 337 g/mol. The van der Waals surface area contributed by atoms with Crippen LogP contribution in [-0.2, 0) is 4.79 Å². The molecule has 0 spiro atoms. The highest BCUT2D eigenvalue weighted by molar-refractivity contribution is 5.90. The lowest BCUT2D eigenvalue weighted by Gasteiger charge is -2.09. The van der Waals surface area contributed by atoms with E-state index in [2.05, 4.69) is 6.07 Å². The van der Waals surface area contributed by atoms with E-state index in [1.807, 2.05) is 6.07 Å². The highest BCUT2D eigenvalue weighted by Crippen LogP contribution is 2.31. The van der Waals surface area contributed by atoms with Crippen LogP contribution in [0.5, 0.6) is 17.2 Å². The summed E-state index contributed by atoms with van der Waals surface area (Å²) < 4.78 is 15.7. The standard InChI is InChI=1S/C20H19NO4/c1-4-20(22)25-17-7-5-6-14(11-17)10-16(13-21)15-8-9-18(23-2)19(12-15)24-3/h5-12H,4H2,1-3H3/b16-10-. The molecule has 5 nitrogen and oxygen atoms in total. The Hall–Kier alpha value is -3.26. The van der Waals surface area contributed by atoms with E-state index in [0.29, 0.717) is 34.8 Å². The van der Waals surface area contributed by atoms with Crippen LogP contribution >= 0.6 is 0 Å². The van der Waals surface area contributed by atoms with Gasteiger partial charge in [0.25, 0.3) is 0 Å². The quantitative estimate of drug-likeness (QED) is 0.344. The number of nitriles is 1. The molecule has 0 N–H and O–H groups in total. The Bertz CT molecular complexity index is 834. The molecule has 2 aromatic carbocycles. The molecule has 0 aromatic heterocycles. The fourth-order valence-electron chi connectivity index (χ4n) is 2.22. The maximum absolute atomic E-state index is 11.4. The van der Waals surface area contributed by atoms with E-state index in [4.69, 9.17) is 14.2 Å². The molecule has 0 heterocycles. The SMILES string of the molecule is CCC(=O)Oc1cccc(/C=C(/C#N)c2ccc(OC)c(OC)c2)c1. The molecule has 25 heavy (non-hydrogen) atoms. The van der Waals surface area contributed by atoms with Gasteiger partial charge in [0, 0.05) is 6.42 Å². The van der Waals surface area contributed by atoms with Crippen LogP contribution in [0.15, 0.2) is 42.5 Å². The van der Waals surface area contributed by atoms with Crippen molar-refractivity contribution in [2.75, 3.05) is 14.2 Å². The second-order valence-electron chi connectivity index (χ2n) is 5.14. The predicted molar refractivity (Wildman–Crippen MR) is 95.4 cm³/mol. The second kappa shape index (κ2) is 8.55. The van der Waals surface area contributed by atoms with E-state index in [1.54, 1.807) is 63.6 Å². The summed E-state index contributed by atoms with van der Waals surface area (Å²) in [6.45, 7) is 1.73. The summed E-state index contributed by atoms with van der Waals surface area (Å²) in [6.07, 6.45) is 2.03. The molecule has 2 aromatic rings. The van der Waals surface area contributed by atoms with Gasteiger partial charge < -0.3 is 14.2 Å². The third kappa shape index (κ3) is 4.61. The van der Waals surface area contributed by atoms with Gasteiger partial charge in [0.15, 0.2) is 11.5 Å². The summed E-state index contributed by atoms with van der Waals surface area (Å²) in [6, 6.07) is 14.5. The molecule has 0 bridgehead atoms. The third-order valence-corrected chi connectivity index (χ3v) is 3.50.